The Balaban J connectivity index is 1.53. The Hall–Kier alpha value is -2.16. The molecule has 146 valence electrons. The molecule has 1 fully saturated rings. The van der Waals surface area contributed by atoms with Gasteiger partial charge in [-0.3, -0.25) is 9.59 Å². The minimum atomic E-state index is -0.624. The summed E-state index contributed by atoms with van der Waals surface area (Å²) in [5, 5.41) is 2.93. The Kier molecular flexibility index (Phi) is 5.79. The van der Waals surface area contributed by atoms with E-state index in [0.29, 0.717) is 38.4 Å². The lowest BCUT2D eigenvalue weighted by atomic mass is 10.0. The first-order valence-corrected chi connectivity index (χ1v) is 10.7. The van der Waals surface area contributed by atoms with Crippen molar-refractivity contribution in [1.82, 2.24) is 15.2 Å². The Bertz CT molecular complexity index is 948. The number of nitrogens with one attached hydrogen (secondary N) is 2. The summed E-state index contributed by atoms with van der Waals surface area (Å²) in [7, 11) is 0. The predicted octanol–water partition coefficient (Wildman–Crippen LogP) is 3.19. The minimum absolute atomic E-state index is 0.0726. The zero-order valence-electron chi connectivity index (χ0n) is 15.1. The fourth-order valence-electron chi connectivity index (χ4n) is 3.30. The van der Waals surface area contributed by atoms with Gasteiger partial charge in [0.05, 0.1) is 27.2 Å². The Morgan fingerprint density at radius 2 is 1.96 bits per heavy atom. The van der Waals surface area contributed by atoms with Gasteiger partial charge in [0.2, 0.25) is 5.91 Å². The van der Waals surface area contributed by atoms with E-state index in [2.05, 4.69) is 26.2 Å². The molecule has 1 atom stereocenters. The van der Waals surface area contributed by atoms with Crippen LogP contribution in [0, 0.1) is 0 Å². The molecule has 0 aliphatic carbocycles. The number of carbonyl (C=O) groups is 2. The summed E-state index contributed by atoms with van der Waals surface area (Å²) in [6, 6.07) is 12.9. The van der Waals surface area contributed by atoms with E-state index in [1.807, 2.05) is 42.5 Å². The molecule has 1 aromatic carbocycles. The third-order valence-corrected chi connectivity index (χ3v) is 6.31. The summed E-state index contributed by atoms with van der Waals surface area (Å²) in [6.45, 7) is 2.15. The number of aromatic nitrogens is 1. The van der Waals surface area contributed by atoms with E-state index in [4.69, 9.17) is 4.74 Å². The molecule has 2 amide bonds. The summed E-state index contributed by atoms with van der Waals surface area (Å²) in [5.74, 6) is -0.348. The number of amides is 2. The monoisotopic (exact) mass is 461 g/mol. The molecule has 0 spiro atoms. The molecular weight excluding hydrogens is 442 g/mol. The van der Waals surface area contributed by atoms with Crippen LogP contribution in [-0.4, -0.2) is 54.0 Å². The van der Waals surface area contributed by atoms with E-state index < -0.39 is 6.04 Å². The highest BCUT2D eigenvalue weighted by atomic mass is 79.9. The summed E-state index contributed by atoms with van der Waals surface area (Å²) in [4.78, 5) is 30.8. The van der Waals surface area contributed by atoms with E-state index in [-0.39, 0.29) is 11.8 Å². The number of hydrogen-bond donors (Lipinski definition) is 2. The summed E-state index contributed by atoms with van der Waals surface area (Å²) < 4.78 is 7.35. The van der Waals surface area contributed by atoms with E-state index in [0.717, 1.165) is 19.6 Å². The fraction of sp³-hybridized carbons (Fsp3) is 0.300. The van der Waals surface area contributed by atoms with Crippen LogP contribution in [0.4, 0.5) is 0 Å². The first kappa shape index (κ1) is 19.2. The molecule has 0 unspecified atom stereocenters. The van der Waals surface area contributed by atoms with Crippen molar-refractivity contribution in [2.75, 3.05) is 26.3 Å². The molecule has 3 aromatic rings. The molecule has 2 N–H and O–H groups in total. The van der Waals surface area contributed by atoms with Crippen LogP contribution in [0.2, 0.25) is 0 Å². The van der Waals surface area contributed by atoms with Gasteiger partial charge >= 0.3 is 0 Å². The highest BCUT2D eigenvalue weighted by Gasteiger charge is 2.28. The number of halogens is 1. The fourth-order valence-corrected chi connectivity index (χ4v) is 4.84. The number of rotatable bonds is 5. The van der Waals surface area contributed by atoms with Gasteiger partial charge in [-0.05, 0) is 33.6 Å². The molecular formula is C20H20BrN3O3S. The van der Waals surface area contributed by atoms with Crippen LogP contribution in [0.5, 0.6) is 0 Å². The standard InChI is InChI=1S/C20H20BrN3O3S/c21-18-12-14-17(28-18)11-15(22-14)19(25)23-16(10-13-4-2-1-3-5-13)20(26)24-6-8-27-9-7-24/h1-5,11-12,16,22H,6-10H2,(H,23,25)/t16-/m0/s1. The molecule has 1 saturated heterocycles. The molecule has 0 bridgehead atoms. The number of morpholine rings is 1. The van der Waals surface area contributed by atoms with Crippen molar-refractivity contribution in [3.05, 3.63) is 57.5 Å². The van der Waals surface area contributed by atoms with Crippen molar-refractivity contribution in [2.45, 2.75) is 12.5 Å². The number of hydrogen-bond acceptors (Lipinski definition) is 4. The van der Waals surface area contributed by atoms with Crippen molar-refractivity contribution >= 4 is 49.3 Å². The highest BCUT2D eigenvalue weighted by molar-refractivity contribution is 9.11. The molecule has 0 saturated carbocycles. The maximum Gasteiger partial charge on any atom is 0.268 e. The van der Waals surface area contributed by atoms with Crippen molar-refractivity contribution < 1.29 is 14.3 Å². The molecule has 1 aliphatic rings. The number of carbonyl (C=O) groups excluding carboxylic acids is 2. The van der Waals surface area contributed by atoms with Gasteiger partial charge in [0.1, 0.15) is 11.7 Å². The maximum atomic E-state index is 13.1. The van der Waals surface area contributed by atoms with Gasteiger partial charge < -0.3 is 19.9 Å². The van der Waals surface area contributed by atoms with Gasteiger partial charge in [-0.2, -0.15) is 0 Å². The van der Waals surface area contributed by atoms with E-state index in [1.54, 1.807) is 16.2 Å². The summed E-state index contributed by atoms with van der Waals surface area (Å²) in [6.07, 6.45) is 0.448. The Morgan fingerprint density at radius 3 is 2.68 bits per heavy atom. The SMILES string of the molecule is O=C(N[C@@H](Cc1ccccc1)C(=O)N1CCOCC1)c1cc2sc(Br)cc2[nH]1. The van der Waals surface area contributed by atoms with Gasteiger partial charge in [-0.25, -0.2) is 0 Å². The normalized spacial score (nSPS) is 15.5. The second-order valence-electron chi connectivity index (χ2n) is 6.66. The van der Waals surface area contributed by atoms with Crippen molar-refractivity contribution in [3.8, 4) is 0 Å². The average Bonchev–Trinajstić information content (AvgIpc) is 3.26. The first-order valence-electron chi connectivity index (χ1n) is 9.09. The molecule has 3 heterocycles. The molecule has 0 radical (unpaired) electrons. The number of ether oxygens (including phenoxy) is 1. The maximum absolute atomic E-state index is 13.1. The van der Waals surface area contributed by atoms with Crippen molar-refractivity contribution in [3.63, 3.8) is 0 Å². The van der Waals surface area contributed by atoms with Gasteiger partial charge in [0.15, 0.2) is 0 Å². The molecule has 8 heteroatoms. The third-order valence-electron chi connectivity index (χ3n) is 4.73. The second-order valence-corrected chi connectivity index (χ2v) is 9.13. The number of fused-ring (bicyclic) bond motifs is 1. The van der Waals surface area contributed by atoms with Gasteiger partial charge in [0.25, 0.3) is 5.91 Å². The molecule has 4 rings (SSSR count). The molecule has 28 heavy (non-hydrogen) atoms. The first-order chi connectivity index (χ1) is 13.6. The lowest BCUT2D eigenvalue weighted by molar-refractivity contribution is -0.137. The Labute approximate surface area is 175 Å². The molecule has 1 aliphatic heterocycles. The van der Waals surface area contributed by atoms with Gasteiger partial charge in [0, 0.05) is 19.5 Å². The van der Waals surface area contributed by atoms with Crippen molar-refractivity contribution in [1.29, 1.82) is 0 Å². The number of benzene rings is 1. The molecule has 2 aromatic heterocycles. The lowest BCUT2D eigenvalue weighted by Crippen LogP contribution is -2.52. The van der Waals surface area contributed by atoms with Crippen LogP contribution >= 0.6 is 27.3 Å². The quantitative estimate of drug-likeness (QED) is 0.612. The van der Waals surface area contributed by atoms with Gasteiger partial charge in [-0.1, -0.05) is 30.3 Å². The zero-order valence-corrected chi connectivity index (χ0v) is 17.5. The smallest absolute Gasteiger partial charge is 0.268 e. The minimum Gasteiger partial charge on any atom is -0.378 e. The van der Waals surface area contributed by atoms with Crippen LogP contribution in [0.1, 0.15) is 16.1 Å². The van der Waals surface area contributed by atoms with E-state index >= 15 is 0 Å². The number of nitrogens with zero attached hydrogens (tertiary/aromatic N) is 1. The number of H-pyrrole nitrogens is 1. The van der Waals surface area contributed by atoms with E-state index in [9.17, 15) is 9.59 Å². The second kappa shape index (κ2) is 8.46. The van der Waals surface area contributed by atoms with Crippen LogP contribution in [-0.2, 0) is 16.0 Å². The average molecular weight is 462 g/mol. The number of thiophene rings is 1. The van der Waals surface area contributed by atoms with Crippen LogP contribution in [0.25, 0.3) is 10.2 Å². The van der Waals surface area contributed by atoms with Crippen LogP contribution < -0.4 is 5.32 Å². The summed E-state index contributed by atoms with van der Waals surface area (Å²) >= 11 is 5.00. The summed E-state index contributed by atoms with van der Waals surface area (Å²) in [5.41, 5.74) is 2.37. The molecule has 6 nitrogen and oxygen atoms in total. The third kappa shape index (κ3) is 4.29. The van der Waals surface area contributed by atoms with Crippen LogP contribution in [0.3, 0.4) is 0 Å². The van der Waals surface area contributed by atoms with Crippen LogP contribution in [0.15, 0.2) is 46.3 Å². The highest BCUT2D eigenvalue weighted by Crippen LogP contribution is 2.30. The predicted molar refractivity (Wildman–Crippen MR) is 113 cm³/mol. The van der Waals surface area contributed by atoms with E-state index in [1.165, 1.54) is 0 Å². The lowest BCUT2D eigenvalue weighted by Gasteiger charge is -2.30. The Morgan fingerprint density at radius 1 is 1.21 bits per heavy atom. The number of aromatic amines is 1. The topological polar surface area (TPSA) is 74.4 Å². The zero-order chi connectivity index (χ0) is 19.5. The van der Waals surface area contributed by atoms with Gasteiger partial charge in [-0.15, -0.1) is 11.3 Å². The van der Waals surface area contributed by atoms with Crippen molar-refractivity contribution in [2.24, 2.45) is 0 Å². The largest absolute Gasteiger partial charge is 0.378 e.